The van der Waals surface area contributed by atoms with Gasteiger partial charge < -0.3 is 14.8 Å². The number of fused-ring (bicyclic) bond motifs is 1. The molecule has 0 aliphatic carbocycles. The summed E-state index contributed by atoms with van der Waals surface area (Å²) in [6.07, 6.45) is 2.14. The fourth-order valence-corrected chi connectivity index (χ4v) is 1.99. The lowest BCUT2D eigenvalue weighted by Crippen LogP contribution is -2.25. The van der Waals surface area contributed by atoms with E-state index < -0.39 is 0 Å². The molecule has 0 radical (unpaired) electrons. The van der Waals surface area contributed by atoms with Crippen LogP contribution in [0.3, 0.4) is 0 Å². The van der Waals surface area contributed by atoms with Gasteiger partial charge in [0.05, 0.1) is 0 Å². The van der Waals surface area contributed by atoms with Crippen molar-refractivity contribution < 1.29 is 9.47 Å². The number of nitrogens with one attached hydrogen (secondary N) is 1. The molecular weight excluding hydrogens is 234 g/mol. The highest BCUT2D eigenvalue weighted by molar-refractivity contribution is 7.99. The van der Waals surface area contributed by atoms with E-state index in [0.717, 1.165) is 18.0 Å². The van der Waals surface area contributed by atoms with Crippen molar-refractivity contribution in [2.75, 3.05) is 19.6 Å². The number of hydrogen-bond donors (Lipinski definition) is 1. The maximum absolute atomic E-state index is 5.38. The van der Waals surface area contributed by atoms with Crippen LogP contribution in [0.1, 0.15) is 25.5 Å². The van der Waals surface area contributed by atoms with Crippen molar-refractivity contribution in [3.05, 3.63) is 23.8 Å². The van der Waals surface area contributed by atoms with E-state index in [9.17, 15) is 0 Å². The largest absolute Gasteiger partial charge is 0.454 e. The minimum Gasteiger partial charge on any atom is -0.454 e. The van der Waals surface area contributed by atoms with Crippen LogP contribution in [0.2, 0.25) is 0 Å². The maximum Gasteiger partial charge on any atom is 0.231 e. The summed E-state index contributed by atoms with van der Waals surface area (Å²) in [5.41, 5.74) is 1.24. The molecule has 2 unspecified atom stereocenters. The Kier molecular flexibility index (Phi) is 4.18. The van der Waals surface area contributed by atoms with Crippen molar-refractivity contribution in [2.45, 2.75) is 25.1 Å². The normalized spacial score (nSPS) is 16.9. The van der Waals surface area contributed by atoms with Crippen molar-refractivity contribution in [3.8, 4) is 11.5 Å². The number of rotatable bonds is 5. The molecule has 0 aromatic heterocycles. The number of hydrogen-bond acceptors (Lipinski definition) is 4. The van der Waals surface area contributed by atoms with Gasteiger partial charge >= 0.3 is 0 Å². The van der Waals surface area contributed by atoms with Crippen LogP contribution >= 0.6 is 11.8 Å². The zero-order valence-electron chi connectivity index (χ0n) is 10.5. The SMILES string of the molecule is CSC(C)CNC(C)c1ccc2c(c1)OCO2. The Morgan fingerprint density at radius 2 is 2.06 bits per heavy atom. The molecule has 1 aromatic rings. The van der Waals surface area contributed by atoms with Crippen molar-refractivity contribution >= 4 is 11.8 Å². The van der Waals surface area contributed by atoms with Gasteiger partial charge in [-0.05, 0) is 30.9 Å². The van der Waals surface area contributed by atoms with Gasteiger partial charge in [0.2, 0.25) is 6.79 Å². The molecule has 0 fully saturated rings. The van der Waals surface area contributed by atoms with Crippen LogP contribution in [0, 0.1) is 0 Å². The predicted molar refractivity (Wildman–Crippen MR) is 72.0 cm³/mol. The first-order chi connectivity index (χ1) is 8.20. The van der Waals surface area contributed by atoms with Gasteiger partial charge in [-0.2, -0.15) is 11.8 Å². The second-order valence-corrected chi connectivity index (χ2v) is 5.57. The molecule has 0 saturated heterocycles. The molecule has 0 saturated carbocycles. The molecule has 1 N–H and O–H groups in total. The molecule has 3 nitrogen and oxygen atoms in total. The van der Waals surface area contributed by atoms with Crippen molar-refractivity contribution in [2.24, 2.45) is 0 Å². The summed E-state index contributed by atoms with van der Waals surface area (Å²) in [7, 11) is 0. The van der Waals surface area contributed by atoms with Crippen molar-refractivity contribution in [1.29, 1.82) is 0 Å². The predicted octanol–water partition coefficient (Wildman–Crippen LogP) is 2.82. The number of ether oxygens (including phenoxy) is 2. The van der Waals surface area contributed by atoms with Crippen molar-refractivity contribution in [3.63, 3.8) is 0 Å². The summed E-state index contributed by atoms with van der Waals surface area (Å²) in [5, 5.41) is 4.15. The Labute approximate surface area is 107 Å². The van der Waals surface area contributed by atoms with Gasteiger partial charge in [-0.25, -0.2) is 0 Å². The molecule has 0 spiro atoms. The summed E-state index contributed by atoms with van der Waals surface area (Å²) in [5.74, 6) is 1.70. The van der Waals surface area contributed by atoms with E-state index in [0.29, 0.717) is 18.1 Å². The monoisotopic (exact) mass is 253 g/mol. The molecule has 2 atom stereocenters. The molecule has 1 aromatic carbocycles. The van der Waals surface area contributed by atoms with Crippen LogP contribution < -0.4 is 14.8 Å². The Bertz CT molecular complexity index is 384. The lowest BCUT2D eigenvalue weighted by Gasteiger charge is -2.17. The minimum absolute atomic E-state index is 0.332. The summed E-state index contributed by atoms with van der Waals surface area (Å²) < 4.78 is 10.7. The molecule has 0 bridgehead atoms. The fraction of sp³-hybridized carbons (Fsp3) is 0.538. The summed E-state index contributed by atoms with van der Waals surface area (Å²) in [4.78, 5) is 0. The Balaban J connectivity index is 1.97. The first kappa shape index (κ1) is 12.6. The highest BCUT2D eigenvalue weighted by Gasteiger charge is 2.15. The molecular formula is C13H19NO2S. The molecule has 94 valence electrons. The third-order valence-electron chi connectivity index (χ3n) is 3.01. The third-order valence-corrected chi connectivity index (χ3v) is 3.98. The summed E-state index contributed by atoms with van der Waals surface area (Å²) in [6, 6.07) is 6.46. The van der Waals surface area contributed by atoms with Gasteiger partial charge in [-0.3, -0.25) is 0 Å². The van der Waals surface area contributed by atoms with Gasteiger partial charge in [0, 0.05) is 17.8 Å². The molecule has 1 heterocycles. The van der Waals surface area contributed by atoms with E-state index in [1.54, 1.807) is 0 Å². The van der Waals surface area contributed by atoms with E-state index in [1.807, 2.05) is 17.8 Å². The second-order valence-electron chi connectivity index (χ2n) is 4.29. The van der Waals surface area contributed by atoms with Crippen LogP contribution in [0.4, 0.5) is 0 Å². The van der Waals surface area contributed by atoms with E-state index in [2.05, 4.69) is 37.6 Å². The van der Waals surface area contributed by atoms with Crippen LogP contribution in [-0.4, -0.2) is 24.8 Å². The van der Waals surface area contributed by atoms with Gasteiger partial charge in [0.1, 0.15) is 0 Å². The van der Waals surface area contributed by atoms with E-state index >= 15 is 0 Å². The average Bonchev–Trinajstić information content (AvgIpc) is 2.82. The van der Waals surface area contributed by atoms with Crippen LogP contribution in [0.15, 0.2) is 18.2 Å². The number of thioether (sulfide) groups is 1. The van der Waals surface area contributed by atoms with E-state index in [1.165, 1.54) is 5.56 Å². The average molecular weight is 253 g/mol. The van der Waals surface area contributed by atoms with Gasteiger partial charge in [-0.1, -0.05) is 13.0 Å². The van der Waals surface area contributed by atoms with Crippen LogP contribution in [0.25, 0.3) is 0 Å². The zero-order chi connectivity index (χ0) is 12.3. The third kappa shape index (κ3) is 3.07. The standard InChI is InChI=1S/C13H19NO2S/c1-9(17-3)7-14-10(2)11-4-5-12-13(6-11)16-8-15-12/h4-6,9-10,14H,7-8H2,1-3H3. The molecule has 1 aliphatic rings. The van der Waals surface area contributed by atoms with Crippen LogP contribution in [-0.2, 0) is 0 Å². The molecule has 0 amide bonds. The molecule has 2 rings (SSSR count). The van der Waals surface area contributed by atoms with Gasteiger partial charge in [-0.15, -0.1) is 0 Å². The van der Waals surface area contributed by atoms with Gasteiger partial charge in [0.15, 0.2) is 11.5 Å². The topological polar surface area (TPSA) is 30.5 Å². The number of benzene rings is 1. The Hall–Kier alpha value is -0.870. The zero-order valence-corrected chi connectivity index (χ0v) is 11.3. The molecule has 4 heteroatoms. The summed E-state index contributed by atoms with van der Waals surface area (Å²) in [6.45, 7) is 5.75. The molecule has 17 heavy (non-hydrogen) atoms. The Morgan fingerprint density at radius 1 is 1.29 bits per heavy atom. The van der Waals surface area contributed by atoms with Crippen molar-refractivity contribution in [1.82, 2.24) is 5.32 Å². The lowest BCUT2D eigenvalue weighted by atomic mass is 10.1. The van der Waals surface area contributed by atoms with E-state index in [4.69, 9.17) is 9.47 Å². The first-order valence-electron chi connectivity index (χ1n) is 5.86. The first-order valence-corrected chi connectivity index (χ1v) is 7.15. The fourth-order valence-electron chi connectivity index (χ4n) is 1.73. The minimum atomic E-state index is 0.332. The van der Waals surface area contributed by atoms with E-state index in [-0.39, 0.29) is 0 Å². The van der Waals surface area contributed by atoms with Crippen LogP contribution in [0.5, 0.6) is 11.5 Å². The quantitative estimate of drug-likeness (QED) is 0.874. The smallest absolute Gasteiger partial charge is 0.231 e. The lowest BCUT2D eigenvalue weighted by molar-refractivity contribution is 0.174. The highest BCUT2D eigenvalue weighted by Crippen LogP contribution is 2.34. The maximum atomic E-state index is 5.38. The summed E-state index contributed by atoms with van der Waals surface area (Å²) >= 11 is 1.87. The second kappa shape index (κ2) is 5.65. The molecule has 1 aliphatic heterocycles. The Morgan fingerprint density at radius 3 is 2.82 bits per heavy atom. The van der Waals surface area contributed by atoms with Gasteiger partial charge in [0.25, 0.3) is 0 Å². The highest BCUT2D eigenvalue weighted by atomic mass is 32.2.